The zero-order chi connectivity index (χ0) is 18.0. The predicted octanol–water partition coefficient (Wildman–Crippen LogP) is 0.753. The van der Waals surface area contributed by atoms with Gasteiger partial charge in [-0.15, -0.1) is 11.3 Å². The average Bonchev–Trinajstić information content (AvgIpc) is 3.23. The van der Waals surface area contributed by atoms with Gasteiger partial charge in [-0.2, -0.15) is 5.10 Å². The molecule has 0 radical (unpaired) electrons. The zero-order valence-corrected chi connectivity index (χ0v) is 14.9. The van der Waals surface area contributed by atoms with Gasteiger partial charge in [-0.25, -0.2) is 9.67 Å². The molecule has 2 aromatic rings. The van der Waals surface area contributed by atoms with E-state index in [0.717, 1.165) is 27.1 Å². The minimum absolute atomic E-state index is 0.194. The Morgan fingerprint density at radius 2 is 2.00 bits per heavy atom. The van der Waals surface area contributed by atoms with Crippen molar-refractivity contribution in [2.24, 2.45) is 0 Å². The summed E-state index contributed by atoms with van der Waals surface area (Å²) in [5.41, 5.74) is 2.82. The molecule has 0 unspecified atom stereocenters. The summed E-state index contributed by atoms with van der Waals surface area (Å²) in [6.45, 7) is 4.10. The van der Waals surface area contributed by atoms with E-state index in [2.05, 4.69) is 15.4 Å². The van der Waals surface area contributed by atoms with Crippen LogP contribution in [0.4, 0.5) is 0 Å². The number of aryl methyl sites for hydroxylation is 2. The Balaban J connectivity index is 1.49. The number of thiazole rings is 1. The third-order valence-corrected chi connectivity index (χ3v) is 4.76. The molecular formula is C16H19N5O3S. The summed E-state index contributed by atoms with van der Waals surface area (Å²) < 4.78 is 1.80. The quantitative estimate of drug-likeness (QED) is 0.766. The van der Waals surface area contributed by atoms with E-state index in [-0.39, 0.29) is 37.1 Å². The summed E-state index contributed by atoms with van der Waals surface area (Å²) in [5.74, 6) is -0.902. The molecular weight excluding hydrogens is 342 g/mol. The van der Waals surface area contributed by atoms with Crippen LogP contribution in [0.15, 0.2) is 11.4 Å². The number of carbonyl (C=O) groups excluding carboxylic acids is 3. The number of hydrogen-bond acceptors (Lipinski definition) is 6. The number of carbonyl (C=O) groups is 3. The monoisotopic (exact) mass is 361 g/mol. The van der Waals surface area contributed by atoms with Gasteiger partial charge in [-0.3, -0.25) is 19.3 Å². The number of nitrogens with zero attached hydrogens (tertiary/aromatic N) is 4. The second kappa shape index (κ2) is 7.14. The van der Waals surface area contributed by atoms with Gasteiger partial charge in [0.2, 0.25) is 22.9 Å². The highest BCUT2D eigenvalue weighted by Gasteiger charge is 2.30. The van der Waals surface area contributed by atoms with Gasteiger partial charge in [0.05, 0.1) is 11.4 Å². The fourth-order valence-electron chi connectivity index (χ4n) is 2.66. The van der Waals surface area contributed by atoms with E-state index >= 15 is 0 Å². The highest BCUT2D eigenvalue weighted by molar-refractivity contribution is 7.12. The summed E-state index contributed by atoms with van der Waals surface area (Å²) in [6, 6.07) is 1.99. The first-order valence-corrected chi connectivity index (χ1v) is 8.90. The molecule has 0 atom stereocenters. The number of rotatable bonds is 6. The van der Waals surface area contributed by atoms with Crippen LogP contribution in [0.25, 0.3) is 5.13 Å². The van der Waals surface area contributed by atoms with E-state index in [0.29, 0.717) is 13.0 Å². The molecule has 132 valence electrons. The van der Waals surface area contributed by atoms with E-state index in [1.807, 2.05) is 25.3 Å². The fraction of sp³-hybridized carbons (Fsp3) is 0.438. The number of aromatic nitrogens is 3. The Morgan fingerprint density at radius 1 is 1.28 bits per heavy atom. The summed E-state index contributed by atoms with van der Waals surface area (Å²) in [7, 11) is 0. The maximum atomic E-state index is 11.9. The molecule has 8 nitrogen and oxygen atoms in total. The Labute approximate surface area is 148 Å². The normalized spacial score (nSPS) is 14.4. The second-order valence-corrected chi connectivity index (χ2v) is 6.77. The van der Waals surface area contributed by atoms with Crippen molar-refractivity contribution < 1.29 is 14.4 Å². The number of nitrogens with one attached hydrogen (secondary N) is 1. The average molecular weight is 361 g/mol. The minimum atomic E-state index is -0.336. The molecule has 0 bridgehead atoms. The smallest absolute Gasteiger partial charge is 0.240 e. The minimum Gasteiger partial charge on any atom is -0.354 e. The van der Waals surface area contributed by atoms with Crippen molar-refractivity contribution in [3.63, 3.8) is 0 Å². The van der Waals surface area contributed by atoms with Gasteiger partial charge in [0, 0.05) is 36.9 Å². The molecule has 25 heavy (non-hydrogen) atoms. The number of hydrogen-bond donors (Lipinski definition) is 1. The summed E-state index contributed by atoms with van der Waals surface area (Å²) in [6.07, 6.45) is 0.962. The third-order valence-electron chi connectivity index (χ3n) is 3.89. The lowest BCUT2D eigenvalue weighted by Gasteiger charge is -2.13. The molecule has 0 aliphatic carbocycles. The highest BCUT2D eigenvalue weighted by Crippen LogP contribution is 2.17. The van der Waals surface area contributed by atoms with Gasteiger partial charge in [-0.05, 0) is 19.9 Å². The molecule has 2 aromatic heterocycles. The number of likely N-dealkylation sites (tertiary alicyclic amines) is 1. The zero-order valence-electron chi connectivity index (χ0n) is 14.1. The molecule has 3 heterocycles. The molecule has 0 aromatic carbocycles. The van der Waals surface area contributed by atoms with Gasteiger partial charge >= 0.3 is 0 Å². The first-order valence-electron chi connectivity index (χ1n) is 8.02. The Kier molecular flexibility index (Phi) is 4.93. The summed E-state index contributed by atoms with van der Waals surface area (Å²) >= 11 is 1.49. The number of imide groups is 1. The van der Waals surface area contributed by atoms with Crippen LogP contribution in [0.1, 0.15) is 29.9 Å². The van der Waals surface area contributed by atoms with E-state index in [1.165, 1.54) is 11.3 Å². The van der Waals surface area contributed by atoms with Gasteiger partial charge in [0.1, 0.15) is 6.54 Å². The van der Waals surface area contributed by atoms with E-state index in [1.54, 1.807) is 4.68 Å². The third kappa shape index (κ3) is 3.93. The van der Waals surface area contributed by atoms with Crippen LogP contribution in [0, 0.1) is 13.8 Å². The maximum Gasteiger partial charge on any atom is 0.240 e. The van der Waals surface area contributed by atoms with Crippen LogP contribution in [-0.2, 0) is 20.8 Å². The molecule has 1 aliphatic heterocycles. The van der Waals surface area contributed by atoms with Crippen molar-refractivity contribution in [3.8, 4) is 5.13 Å². The predicted molar refractivity (Wildman–Crippen MR) is 91.4 cm³/mol. The van der Waals surface area contributed by atoms with Crippen LogP contribution < -0.4 is 5.32 Å². The van der Waals surface area contributed by atoms with Crippen molar-refractivity contribution in [1.82, 2.24) is 25.0 Å². The first-order chi connectivity index (χ1) is 11.9. The lowest BCUT2D eigenvalue weighted by Crippen LogP contribution is -2.40. The molecule has 0 saturated carbocycles. The van der Waals surface area contributed by atoms with Gasteiger partial charge in [-0.1, -0.05) is 0 Å². The molecule has 1 aliphatic rings. The SMILES string of the molecule is Cc1cc(C)n(-c2nc(CCNC(=O)CN3C(=O)CCC3=O)cs2)n1. The van der Waals surface area contributed by atoms with Crippen molar-refractivity contribution in [1.29, 1.82) is 0 Å². The van der Waals surface area contributed by atoms with Crippen LogP contribution >= 0.6 is 11.3 Å². The Hall–Kier alpha value is -2.55. The van der Waals surface area contributed by atoms with Gasteiger partial charge in [0.15, 0.2) is 0 Å². The Bertz CT molecular complexity index is 810. The Morgan fingerprint density at radius 3 is 2.64 bits per heavy atom. The highest BCUT2D eigenvalue weighted by atomic mass is 32.1. The van der Waals surface area contributed by atoms with Crippen LogP contribution in [0.5, 0.6) is 0 Å². The molecule has 1 N–H and O–H groups in total. The molecule has 1 saturated heterocycles. The van der Waals surface area contributed by atoms with Crippen molar-refractivity contribution in [2.75, 3.05) is 13.1 Å². The molecule has 9 heteroatoms. The van der Waals surface area contributed by atoms with Crippen molar-refractivity contribution in [3.05, 3.63) is 28.5 Å². The van der Waals surface area contributed by atoms with E-state index in [4.69, 9.17) is 0 Å². The fourth-order valence-corrected chi connectivity index (χ4v) is 3.53. The molecule has 3 amide bonds. The summed E-state index contributed by atoms with van der Waals surface area (Å²) in [4.78, 5) is 40.4. The number of amides is 3. The van der Waals surface area contributed by atoms with Gasteiger partial charge < -0.3 is 5.32 Å². The van der Waals surface area contributed by atoms with Crippen LogP contribution in [-0.4, -0.2) is 50.5 Å². The second-order valence-electron chi connectivity index (χ2n) is 5.93. The van der Waals surface area contributed by atoms with Crippen LogP contribution in [0.3, 0.4) is 0 Å². The lowest BCUT2D eigenvalue weighted by molar-refractivity contribution is -0.142. The van der Waals surface area contributed by atoms with E-state index < -0.39 is 0 Å². The molecule has 3 rings (SSSR count). The van der Waals surface area contributed by atoms with Crippen molar-refractivity contribution >= 4 is 29.1 Å². The maximum absolute atomic E-state index is 11.9. The lowest BCUT2D eigenvalue weighted by atomic mass is 10.3. The molecule has 1 fully saturated rings. The standard InChI is InChI=1S/C16H19N5O3S/c1-10-7-11(2)21(19-10)16-18-12(9-25-16)5-6-17-13(22)8-20-14(23)3-4-15(20)24/h7,9H,3-6,8H2,1-2H3,(H,17,22). The van der Waals surface area contributed by atoms with E-state index in [9.17, 15) is 14.4 Å². The summed E-state index contributed by atoms with van der Waals surface area (Å²) in [5, 5.41) is 9.85. The topological polar surface area (TPSA) is 97.2 Å². The largest absolute Gasteiger partial charge is 0.354 e. The van der Waals surface area contributed by atoms with Crippen LogP contribution in [0.2, 0.25) is 0 Å². The first kappa shape index (κ1) is 17.3. The van der Waals surface area contributed by atoms with Crippen molar-refractivity contribution in [2.45, 2.75) is 33.1 Å². The molecule has 0 spiro atoms. The van der Waals surface area contributed by atoms with Gasteiger partial charge in [0.25, 0.3) is 0 Å².